The van der Waals surface area contributed by atoms with Crippen molar-refractivity contribution in [1.82, 2.24) is 5.32 Å². The van der Waals surface area contributed by atoms with Gasteiger partial charge in [0, 0.05) is 16.7 Å². The Balaban J connectivity index is 3.04. The Labute approximate surface area is 128 Å². The number of carbonyl (C=O) groups is 1. The van der Waals surface area contributed by atoms with E-state index in [4.69, 9.17) is 22.3 Å². The first-order valence-electron chi connectivity index (χ1n) is 6.21. The molecule has 1 amide bonds. The third-order valence-corrected chi connectivity index (χ3v) is 5.00. The zero-order chi connectivity index (χ0) is 15.5. The van der Waals surface area contributed by atoms with Crippen LogP contribution >= 0.6 is 22.3 Å². The van der Waals surface area contributed by atoms with Gasteiger partial charge in [-0.05, 0) is 31.0 Å². The van der Waals surface area contributed by atoms with Crippen LogP contribution in [-0.2, 0) is 9.05 Å². The molecule has 0 aliphatic rings. The molecule has 20 heavy (non-hydrogen) atoms. The minimum absolute atomic E-state index is 0.0418. The van der Waals surface area contributed by atoms with Crippen molar-refractivity contribution in [2.45, 2.75) is 38.1 Å². The van der Waals surface area contributed by atoms with E-state index in [0.717, 1.165) is 6.42 Å². The van der Waals surface area contributed by atoms with Crippen LogP contribution in [0, 0.1) is 5.92 Å². The second-order valence-corrected chi connectivity index (χ2v) is 7.70. The molecule has 1 aromatic carbocycles. The van der Waals surface area contributed by atoms with E-state index in [1.165, 1.54) is 18.2 Å². The summed E-state index contributed by atoms with van der Waals surface area (Å²) >= 11 is 5.94. The molecule has 0 aromatic heterocycles. The number of benzene rings is 1. The minimum atomic E-state index is -3.89. The molecule has 2 atom stereocenters. The Morgan fingerprint density at radius 3 is 2.45 bits per heavy atom. The van der Waals surface area contributed by atoms with Crippen LogP contribution in [0.15, 0.2) is 23.1 Å². The molecular formula is C13H17Cl2NO3S. The number of halogens is 2. The summed E-state index contributed by atoms with van der Waals surface area (Å²) in [6.45, 7) is 5.94. The summed E-state index contributed by atoms with van der Waals surface area (Å²) in [5.74, 6) is -0.109. The van der Waals surface area contributed by atoms with Crippen molar-refractivity contribution < 1.29 is 13.2 Å². The Hall–Kier alpha value is -0.780. The largest absolute Gasteiger partial charge is 0.349 e. The fourth-order valence-electron chi connectivity index (χ4n) is 1.61. The molecule has 0 radical (unpaired) electrons. The Morgan fingerprint density at radius 1 is 1.35 bits per heavy atom. The summed E-state index contributed by atoms with van der Waals surface area (Å²) in [5.41, 5.74) is 0.101. The molecule has 0 heterocycles. The molecule has 2 unspecified atom stereocenters. The van der Waals surface area contributed by atoms with Gasteiger partial charge in [-0.1, -0.05) is 31.9 Å². The highest BCUT2D eigenvalue weighted by molar-refractivity contribution is 8.13. The molecule has 0 saturated heterocycles. The van der Waals surface area contributed by atoms with Crippen LogP contribution in [-0.4, -0.2) is 20.4 Å². The van der Waals surface area contributed by atoms with E-state index in [-0.39, 0.29) is 21.5 Å². The van der Waals surface area contributed by atoms with E-state index in [2.05, 4.69) is 5.32 Å². The van der Waals surface area contributed by atoms with Gasteiger partial charge in [0.1, 0.15) is 0 Å². The number of rotatable bonds is 5. The third-order valence-electron chi connectivity index (χ3n) is 3.32. The molecule has 0 bridgehead atoms. The van der Waals surface area contributed by atoms with E-state index >= 15 is 0 Å². The number of nitrogens with one attached hydrogen (secondary N) is 1. The van der Waals surface area contributed by atoms with Crippen molar-refractivity contribution in [1.29, 1.82) is 0 Å². The smallest absolute Gasteiger partial charge is 0.261 e. The van der Waals surface area contributed by atoms with Crippen LogP contribution in [0.1, 0.15) is 37.6 Å². The zero-order valence-electron chi connectivity index (χ0n) is 11.5. The van der Waals surface area contributed by atoms with Gasteiger partial charge in [0.2, 0.25) is 0 Å². The molecule has 0 spiro atoms. The molecule has 0 fully saturated rings. The second-order valence-electron chi connectivity index (χ2n) is 4.73. The number of hydrogen-bond acceptors (Lipinski definition) is 3. The van der Waals surface area contributed by atoms with Crippen LogP contribution in [0.5, 0.6) is 0 Å². The van der Waals surface area contributed by atoms with Gasteiger partial charge in [0.25, 0.3) is 15.0 Å². The molecule has 1 rings (SSSR count). The molecule has 112 valence electrons. The summed E-state index contributed by atoms with van der Waals surface area (Å²) in [6, 6.07) is 3.75. The van der Waals surface area contributed by atoms with Crippen LogP contribution in [0.25, 0.3) is 0 Å². The van der Waals surface area contributed by atoms with Gasteiger partial charge in [-0.15, -0.1) is 0 Å². The number of carbonyl (C=O) groups excluding carboxylic acids is 1. The first-order chi connectivity index (χ1) is 9.16. The first-order valence-corrected chi connectivity index (χ1v) is 8.90. The molecule has 0 saturated carbocycles. The van der Waals surface area contributed by atoms with Crippen molar-refractivity contribution in [3.05, 3.63) is 28.8 Å². The van der Waals surface area contributed by atoms with Gasteiger partial charge in [-0.25, -0.2) is 8.42 Å². The van der Waals surface area contributed by atoms with E-state index in [1.54, 1.807) is 0 Å². The van der Waals surface area contributed by atoms with Gasteiger partial charge in [-0.3, -0.25) is 4.79 Å². The van der Waals surface area contributed by atoms with E-state index in [0.29, 0.717) is 5.92 Å². The summed E-state index contributed by atoms with van der Waals surface area (Å²) in [4.78, 5) is 12.0. The highest BCUT2D eigenvalue weighted by Crippen LogP contribution is 2.23. The molecule has 1 aromatic rings. The highest BCUT2D eigenvalue weighted by Gasteiger charge is 2.19. The predicted molar refractivity (Wildman–Crippen MR) is 80.9 cm³/mol. The lowest BCUT2D eigenvalue weighted by atomic mass is 10.0. The lowest BCUT2D eigenvalue weighted by molar-refractivity contribution is 0.0928. The normalized spacial score (nSPS) is 14.7. The monoisotopic (exact) mass is 337 g/mol. The average Bonchev–Trinajstić information content (AvgIpc) is 2.36. The summed E-state index contributed by atoms with van der Waals surface area (Å²) in [6.07, 6.45) is 0.922. The Bertz CT molecular complexity index is 602. The quantitative estimate of drug-likeness (QED) is 0.837. The van der Waals surface area contributed by atoms with Crippen LogP contribution in [0.4, 0.5) is 0 Å². The van der Waals surface area contributed by atoms with Crippen LogP contribution in [0.3, 0.4) is 0 Å². The maximum Gasteiger partial charge on any atom is 0.261 e. The van der Waals surface area contributed by atoms with Crippen molar-refractivity contribution in [3.8, 4) is 0 Å². The lowest BCUT2D eigenvalue weighted by Crippen LogP contribution is -2.37. The van der Waals surface area contributed by atoms with Gasteiger partial charge in [0.15, 0.2) is 0 Å². The molecule has 0 aliphatic heterocycles. The van der Waals surface area contributed by atoms with E-state index < -0.39 is 15.0 Å². The second kappa shape index (κ2) is 6.78. The SMILES string of the molecule is CCC(C)C(C)NC(=O)c1cc(S(=O)(=O)Cl)ccc1Cl. The zero-order valence-corrected chi connectivity index (χ0v) is 13.8. The van der Waals surface area contributed by atoms with Gasteiger partial charge in [-0.2, -0.15) is 0 Å². The van der Waals surface area contributed by atoms with Crippen LogP contribution < -0.4 is 5.32 Å². The minimum Gasteiger partial charge on any atom is -0.349 e. The Kier molecular flexibility index (Phi) is 5.86. The number of hydrogen-bond donors (Lipinski definition) is 1. The molecule has 1 N–H and O–H groups in total. The van der Waals surface area contributed by atoms with E-state index in [1.807, 2.05) is 20.8 Å². The van der Waals surface area contributed by atoms with Crippen molar-refractivity contribution in [2.75, 3.05) is 0 Å². The summed E-state index contributed by atoms with van der Waals surface area (Å²) in [5, 5.41) is 2.99. The summed E-state index contributed by atoms with van der Waals surface area (Å²) < 4.78 is 22.6. The Morgan fingerprint density at radius 2 is 1.95 bits per heavy atom. The van der Waals surface area contributed by atoms with E-state index in [9.17, 15) is 13.2 Å². The van der Waals surface area contributed by atoms with Gasteiger partial charge in [0.05, 0.1) is 15.5 Å². The van der Waals surface area contributed by atoms with Crippen molar-refractivity contribution in [3.63, 3.8) is 0 Å². The maximum atomic E-state index is 12.1. The van der Waals surface area contributed by atoms with Crippen LogP contribution in [0.2, 0.25) is 5.02 Å². The highest BCUT2D eigenvalue weighted by atomic mass is 35.7. The van der Waals surface area contributed by atoms with Gasteiger partial charge < -0.3 is 5.32 Å². The topological polar surface area (TPSA) is 63.2 Å². The molecule has 0 aliphatic carbocycles. The fourth-order valence-corrected chi connectivity index (χ4v) is 2.59. The van der Waals surface area contributed by atoms with Gasteiger partial charge >= 0.3 is 0 Å². The summed E-state index contributed by atoms with van der Waals surface area (Å²) in [7, 11) is 1.37. The fraction of sp³-hybridized carbons (Fsp3) is 0.462. The molecule has 7 heteroatoms. The molecular weight excluding hydrogens is 321 g/mol. The van der Waals surface area contributed by atoms with Crippen molar-refractivity contribution in [2.24, 2.45) is 5.92 Å². The first kappa shape index (κ1) is 17.3. The average molecular weight is 338 g/mol. The number of amides is 1. The predicted octanol–water partition coefficient (Wildman–Crippen LogP) is 3.43. The van der Waals surface area contributed by atoms with Crippen molar-refractivity contribution >= 4 is 37.2 Å². The maximum absolute atomic E-state index is 12.1. The standard InChI is InChI=1S/C13H17Cl2NO3S/c1-4-8(2)9(3)16-13(17)11-7-10(20(15,18)19)5-6-12(11)14/h5-9H,4H2,1-3H3,(H,16,17). The molecule has 4 nitrogen and oxygen atoms in total. The lowest BCUT2D eigenvalue weighted by Gasteiger charge is -2.20. The third kappa shape index (κ3) is 4.36.